The van der Waals surface area contributed by atoms with Crippen LogP contribution in [0, 0.1) is 6.92 Å². The Balaban J connectivity index is 2.05. The lowest BCUT2D eigenvalue weighted by Gasteiger charge is -2.17. The third-order valence-electron chi connectivity index (χ3n) is 3.27. The zero-order chi connectivity index (χ0) is 12.7. The number of aromatic amines is 1. The first kappa shape index (κ1) is 10.8. The van der Waals surface area contributed by atoms with Crippen LogP contribution >= 0.6 is 0 Å². The number of aromatic nitrogens is 2. The van der Waals surface area contributed by atoms with E-state index in [0.29, 0.717) is 12.1 Å². The first-order chi connectivity index (χ1) is 8.65. The van der Waals surface area contributed by atoms with Crippen molar-refractivity contribution in [1.82, 2.24) is 10.2 Å². The first-order valence-electron chi connectivity index (χ1n) is 5.89. The van der Waals surface area contributed by atoms with Crippen LogP contribution in [-0.2, 0) is 11.2 Å². The van der Waals surface area contributed by atoms with Crippen molar-refractivity contribution in [3.05, 3.63) is 29.5 Å². The van der Waals surface area contributed by atoms with Gasteiger partial charge in [-0.25, -0.2) is 0 Å². The van der Waals surface area contributed by atoms with Crippen molar-refractivity contribution < 1.29 is 4.79 Å². The Morgan fingerprint density at radius 2 is 2.17 bits per heavy atom. The van der Waals surface area contributed by atoms with Gasteiger partial charge in [-0.05, 0) is 31.0 Å². The summed E-state index contributed by atoms with van der Waals surface area (Å²) in [6, 6.07) is 5.88. The van der Waals surface area contributed by atoms with Gasteiger partial charge < -0.3 is 11.1 Å². The summed E-state index contributed by atoms with van der Waals surface area (Å²) in [6.07, 6.45) is 1.30. The number of anilines is 2. The number of nitrogen functional groups attached to an aromatic ring is 1. The van der Waals surface area contributed by atoms with Crippen LogP contribution in [0.25, 0.3) is 11.3 Å². The fourth-order valence-electron chi connectivity index (χ4n) is 2.19. The largest absolute Gasteiger partial charge is 0.395 e. The van der Waals surface area contributed by atoms with Gasteiger partial charge in [0.05, 0.1) is 11.4 Å². The average molecular weight is 242 g/mol. The summed E-state index contributed by atoms with van der Waals surface area (Å²) in [7, 11) is 0. The lowest BCUT2D eigenvalue weighted by molar-refractivity contribution is -0.116. The highest BCUT2D eigenvalue weighted by atomic mass is 16.1. The zero-order valence-electron chi connectivity index (χ0n) is 10.1. The van der Waals surface area contributed by atoms with Gasteiger partial charge in [0.15, 0.2) is 0 Å². The SMILES string of the molecule is Cc1[nH]nc(-c2ccc3c(c2)CCC(=O)N3)c1N. The number of carbonyl (C=O) groups excluding carboxylic acids is 1. The Kier molecular flexibility index (Phi) is 2.33. The third-order valence-corrected chi connectivity index (χ3v) is 3.27. The second kappa shape index (κ2) is 3.87. The number of rotatable bonds is 1. The highest BCUT2D eigenvalue weighted by Crippen LogP contribution is 2.31. The molecule has 1 aliphatic heterocycles. The number of hydrogen-bond acceptors (Lipinski definition) is 3. The minimum Gasteiger partial charge on any atom is -0.395 e. The highest BCUT2D eigenvalue weighted by molar-refractivity contribution is 5.94. The molecule has 4 N–H and O–H groups in total. The molecule has 1 aliphatic rings. The summed E-state index contributed by atoms with van der Waals surface area (Å²) in [5.41, 5.74) is 11.3. The number of hydrogen-bond donors (Lipinski definition) is 3. The summed E-state index contributed by atoms with van der Waals surface area (Å²) in [4.78, 5) is 11.3. The molecule has 5 nitrogen and oxygen atoms in total. The highest BCUT2D eigenvalue weighted by Gasteiger charge is 2.16. The molecule has 0 spiro atoms. The molecule has 0 aliphatic carbocycles. The van der Waals surface area contributed by atoms with Crippen LogP contribution in [0.5, 0.6) is 0 Å². The normalized spacial score (nSPS) is 14.2. The summed E-state index contributed by atoms with van der Waals surface area (Å²) >= 11 is 0. The van der Waals surface area contributed by atoms with E-state index in [-0.39, 0.29) is 5.91 Å². The van der Waals surface area contributed by atoms with Gasteiger partial charge in [0.1, 0.15) is 5.69 Å². The lowest BCUT2D eigenvalue weighted by Crippen LogP contribution is -2.18. The van der Waals surface area contributed by atoms with E-state index < -0.39 is 0 Å². The van der Waals surface area contributed by atoms with Crippen LogP contribution in [0.4, 0.5) is 11.4 Å². The molecule has 0 unspecified atom stereocenters. The average Bonchev–Trinajstić information content (AvgIpc) is 2.69. The molecule has 1 amide bonds. The van der Waals surface area contributed by atoms with Gasteiger partial charge in [-0.2, -0.15) is 5.10 Å². The van der Waals surface area contributed by atoms with Crippen LogP contribution in [0.15, 0.2) is 18.2 Å². The van der Waals surface area contributed by atoms with E-state index >= 15 is 0 Å². The molecule has 18 heavy (non-hydrogen) atoms. The number of nitrogens with one attached hydrogen (secondary N) is 2. The zero-order valence-corrected chi connectivity index (χ0v) is 10.1. The second-order valence-corrected chi connectivity index (χ2v) is 4.53. The molecule has 5 heteroatoms. The fraction of sp³-hybridized carbons (Fsp3) is 0.231. The number of H-pyrrole nitrogens is 1. The van der Waals surface area contributed by atoms with Crippen molar-refractivity contribution in [2.45, 2.75) is 19.8 Å². The topological polar surface area (TPSA) is 83.8 Å². The smallest absolute Gasteiger partial charge is 0.224 e. The molecule has 92 valence electrons. The van der Waals surface area contributed by atoms with Gasteiger partial charge in [0.2, 0.25) is 5.91 Å². The lowest BCUT2D eigenvalue weighted by atomic mass is 9.99. The summed E-state index contributed by atoms with van der Waals surface area (Å²) in [6.45, 7) is 1.89. The maximum Gasteiger partial charge on any atom is 0.224 e. The minimum absolute atomic E-state index is 0.0744. The molecule has 0 fully saturated rings. The van der Waals surface area contributed by atoms with Crippen molar-refractivity contribution in [3.8, 4) is 11.3 Å². The number of amides is 1. The van der Waals surface area contributed by atoms with Gasteiger partial charge in [-0.3, -0.25) is 9.89 Å². The van der Waals surface area contributed by atoms with Crippen LogP contribution < -0.4 is 11.1 Å². The van der Waals surface area contributed by atoms with Gasteiger partial charge in [0, 0.05) is 17.7 Å². The molecule has 0 bridgehead atoms. The van der Waals surface area contributed by atoms with Gasteiger partial charge >= 0.3 is 0 Å². The van der Waals surface area contributed by atoms with E-state index in [4.69, 9.17) is 5.73 Å². The standard InChI is InChI=1S/C13H14N4O/c1-7-12(14)13(17-16-7)9-2-4-10-8(6-9)3-5-11(18)15-10/h2,4,6H,3,5,14H2,1H3,(H,15,18)(H,16,17). The van der Waals surface area contributed by atoms with Crippen LogP contribution in [-0.4, -0.2) is 16.1 Å². The van der Waals surface area contributed by atoms with Crippen molar-refractivity contribution in [1.29, 1.82) is 0 Å². The van der Waals surface area contributed by atoms with Crippen molar-refractivity contribution in [3.63, 3.8) is 0 Å². The third kappa shape index (κ3) is 1.64. The quantitative estimate of drug-likeness (QED) is 0.713. The molecule has 2 heterocycles. The molecule has 0 saturated carbocycles. The van der Waals surface area contributed by atoms with Crippen LogP contribution in [0.1, 0.15) is 17.7 Å². The maximum absolute atomic E-state index is 11.3. The van der Waals surface area contributed by atoms with Gasteiger partial charge in [-0.15, -0.1) is 0 Å². The Morgan fingerprint density at radius 3 is 2.89 bits per heavy atom. The number of carbonyl (C=O) groups is 1. The summed E-state index contributed by atoms with van der Waals surface area (Å²) < 4.78 is 0. The molecule has 0 atom stereocenters. The molecule has 0 radical (unpaired) electrons. The summed E-state index contributed by atoms with van der Waals surface area (Å²) in [5.74, 6) is 0.0744. The van der Waals surface area contributed by atoms with E-state index in [1.165, 1.54) is 0 Å². The number of benzene rings is 1. The van der Waals surface area contributed by atoms with Crippen LogP contribution in [0.3, 0.4) is 0 Å². The molecule has 0 saturated heterocycles. The number of nitrogens with zero attached hydrogens (tertiary/aromatic N) is 1. The predicted molar refractivity (Wildman–Crippen MR) is 70.1 cm³/mol. The van der Waals surface area contributed by atoms with E-state index in [9.17, 15) is 4.79 Å². The van der Waals surface area contributed by atoms with Gasteiger partial charge in [0.25, 0.3) is 0 Å². The van der Waals surface area contributed by atoms with E-state index in [1.54, 1.807) is 0 Å². The number of fused-ring (bicyclic) bond motifs is 1. The van der Waals surface area contributed by atoms with Crippen LogP contribution in [0.2, 0.25) is 0 Å². The van der Waals surface area contributed by atoms with Crippen molar-refractivity contribution in [2.75, 3.05) is 11.1 Å². The number of aryl methyl sites for hydroxylation is 2. The Hall–Kier alpha value is -2.30. The monoisotopic (exact) mass is 242 g/mol. The first-order valence-corrected chi connectivity index (χ1v) is 5.89. The van der Waals surface area contributed by atoms with Crippen molar-refractivity contribution in [2.24, 2.45) is 0 Å². The van der Waals surface area contributed by atoms with E-state index in [0.717, 1.165) is 34.6 Å². The fourth-order valence-corrected chi connectivity index (χ4v) is 2.19. The Morgan fingerprint density at radius 1 is 1.33 bits per heavy atom. The van der Waals surface area contributed by atoms with E-state index in [2.05, 4.69) is 15.5 Å². The molecular formula is C13H14N4O. The molecule has 2 aromatic rings. The molecule has 3 rings (SSSR count). The second-order valence-electron chi connectivity index (χ2n) is 4.53. The Bertz CT molecular complexity index is 630. The Labute approximate surface area is 104 Å². The molecular weight excluding hydrogens is 228 g/mol. The summed E-state index contributed by atoms with van der Waals surface area (Å²) in [5, 5.41) is 9.95. The van der Waals surface area contributed by atoms with Crippen molar-refractivity contribution >= 4 is 17.3 Å². The minimum atomic E-state index is 0.0744. The van der Waals surface area contributed by atoms with E-state index in [1.807, 2.05) is 25.1 Å². The molecule has 1 aromatic heterocycles. The maximum atomic E-state index is 11.3. The van der Waals surface area contributed by atoms with Gasteiger partial charge in [-0.1, -0.05) is 6.07 Å². The number of nitrogens with two attached hydrogens (primary N) is 1. The predicted octanol–water partition coefficient (Wildman–Crippen LogP) is 1.85. The molecule has 1 aromatic carbocycles.